The van der Waals surface area contributed by atoms with Crippen LogP contribution in [0.1, 0.15) is 28.4 Å². The summed E-state index contributed by atoms with van der Waals surface area (Å²) in [7, 11) is 3.77. The van der Waals surface area contributed by atoms with E-state index in [9.17, 15) is 4.79 Å². The molecule has 0 saturated heterocycles. The van der Waals surface area contributed by atoms with Gasteiger partial charge in [-0.05, 0) is 18.2 Å². The van der Waals surface area contributed by atoms with Gasteiger partial charge in [-0.2, -0.15) is 0 Å². The van der Waals surface area contributed by atoms with Crippen molar-refractivity contribution in [3.05, 3.63) is 82.1 Å². The van der Waals surface area contributed by atoms with Crippen LogP contribution in [0.3, 0.4) is 0 Å². The van der Waals surface area contributed by atoms with Crippen molar-refractivity contribution in [3.8, 4) is 16.9 Å². The lowest BCUT2D eigenvalue weighted by Crippen LogP contribution is -2.33. The van der Waals surface area contributed by atoms with E-state index < -0.39 is 0 Å². The van der Waals surface area contributed by atoms with Gasteiger partial charge in [-0.1, -0.05) is 53.5 Å². The minimum Gasteiger partial charge on any atom is -0.493 e. The zero-order valence-corrected chi connectivity index (χ0v) is 20.2. The number of halogens is 2. The van der Waals surface area contributed by atoms with Gasteiger partial charge in [-0.15, -0.1) is 0 Å². The standard InChI is InChI=1S/C26H22Cl2N4O2/c1-32(2)25-18(26(33)31-20-11-13-34-21-9-4-3-6-17(20)21)14-30-23-16(10-12-29-24(23)25)15-7-5-8-19(27)22(15)28/h3-10,12,14,20H,11,13H2,1-2H3,(H,31,33)/t20-/m0/s1. The van der Waals surface area contributed by atoms with Gasteiger partial charge >= 0.3 is 0 Å². The summed E-state index contributed by atoms with van der Waals surface area (Å²) in [6.45, 7) is 0.545. The minimum atomic E-state index is -0.215. The molecule has 1 N–H and O–H groups in total. The van der Waals surface area contributed by atoms with Crippen LogP contribution in [-0.2, 0) is 0 Å². The molecule has 2 aromatic carbocycles. The topological polar surface area (TPSA) is 67.4 Å². The van der Waals surface area contributed by atoms with Gasteiger partial charge in [-0.25, -0.2) is 0 Å². The highest BCUT2D eigenvalue weighted by molar-refractivity contribution is 6.44. The Morgan fingerprint density at radius 2 is 1.85 bits per heavy atom. The van der Waals surface area contributed by atoms with E-state index in [0.717, 1.165) is 22.4 Å². The maximum Gasteiger partial charge on any atom is 0.255 e. The first-order valence-corrected chi connectivity index (χ1v) is 11.6. The molecule has 5 rings (SSSR count). The van der Waals surface area contributed by atoms with E-state index in [2.05, 4.69) is 15.3 Å². The number of para-hydroxylation sites is 1. The number of rotatable bonds is 4. The molecule has 0 unspecified atom stereocenters. The number of carbonyl (C=O) groups is 1. The number of carbonyl (C=O) groups excluding carboxylic acids is 1. The lowest BCUT2D eigenvalue weighted by atomic mass is 9.99. The average molecular weight is 493 g/mol. The normalized spacial score (nSPS) is 14.9. The Kier molecular flexibility index (Phi) is 6.02. The summed E-state index contributed by atoms with van der Waals surface area (Å²) in [6.07, 6.45) is 3.98. The molecule has 3 heterocycles. The number of ether oxygens (including phenoxy) is 1. The van der Waals surface area contributed by atoms with E-state index in [4.69, 9.17) is 27.9 Å². The number of amides is 1. The molecular weight excluding hydrogens is 471 g/mol. The van der Waals surface area contributed by atoms with Gasteiger partial charge < -0.3 is 15.0 Å². The van der Waals surface area contributed by atoms with E-state index in [1.807, 2.05) is 61.5 Å². The second kappa shape index (κ2) is 9.12. The third-order valence-electron chi connectivity index (χ3n) is 5.92. The zero-order chi connectivity index (χ0) is 23.8. The highest BCUT2D eigenvalue weighted by Crippen LogP contribution is 2.39. The molecule has 0 fully saturated rings. The van der Waals surface area contributed by atoms with Crippen molar-refractivity contribution < 1.29 is 9.53 Å². The SMILES string of the molecule is CN(C)c1c(C(=O)N[C@H]2CCOc3ccccc32)cnc2c(-c3cccc(Cl)c3Cl)ccnc12. The van der Waals surface area contributed by atoms with Gasteiger partial charge in [-0.3, -0.25) is 14.8 Å². The van der Waals surface area contributed by atoms with Gasteiger partial charge in [0.1, 0.15) is 11.3 Å². The molecule has 4 aromatic rings. The molecule has 6 nitrogen and oxygen atoms in total. The van der Waals surface area contributed by atoms with Crippen LogP contribution < -0.4 is 15.0 Å². The number of nitrogens with zero attached hydrogens (tertiary/aromatic N) is 3. The van der Waals surface area contributed by atoms with Crippen molar-refractivity contribution in [1.29, 1.82) is 0 Å². The minimum absolute atomic E-state index is 0.146. The lowest BCUT2D eigenvalue weighted by molar-refractivity contribution is 0.0925. The number of pyridine rings is 2. The number of benzene rings is 2. The molecule has 0 spiro atoms. The monoisotopic (exact) mass is 492 g/mol. The molecule has 172 valence electrons. The van der Waals surface area contributed by atoms with Crippen molar-refractivity contribution >= 4 is 45.8 Å². The number of hydrogen-bond donors (Lipinski definition) is 1. The molecule has 1 atom stereocenters. The Balaban J connectivity index is 1.59. The van der Waals surface area contributed by atoms with Gasteiger partial charge in [0.05, 0.1) is 39.5 Å². The van der Waals surface area contributed by atoms with E-state index in [0.29, 0.717) is 45.4 Å². The van der Waals surface area contributed by atoms with Crippen LogP contribution in [0, 0.1) is 0 Å². The number of fused-ring (bicyclic) bond motifs is 2. The summed E-state index contributed by atoms with van der Waals surface area (Å²) in [6, 6.07) is 15.0. The zero-order valence-electron chi connectivity index (χ0n) is 18.7. The molecule has 0 radical (unpaired) electrons. The van der Waals surface area contributed by atoms with Crippen LogP contribution in [0.25, 0.3) is 22.2 Å². The van der Waals surface area contributed by atoms with Gasteiger partial charge in [0.2, 0.25) is 0 Å². The van der Waals surface area contributed by atoms with Crippen LogP contribution in [0.5, 0.6) is 5.75 Å². The fraction of sp³-hybridized carbons (Fsp3) is 0.192. The summed E-state index contributed by atoms with van der Waals surface area (Å²) in [4.78, 5) is 24.6. The average Bonchev–Trinajstić information content (AvgIpc) is 2.84. The number of aromatic nitrogens is 2. The fourth-order valence-corrected chi connectivity index (χ4v) is 4.75. The molecule has 1 aliphatic heterocycles. The highest BCUT2D eigenvalue weighted by atomic mass is 35.5. The van der Waals surface area contributed by atoms with E-state index >= 15 is 0 Å². The highest BCUT2D eigenvalue weighted by Gasteiger charge is 2.26. The van der Waals surface area contributed by atoms with Gasteiger partial charge in [0.15, 0.2) is 0 Å². The van der Waals surface area contributed by atoms with Crippen molar-refractivity contribution in [2.24, 2.45) is 0 Å². The smallest absolute Gasteiger partial charge is 0.255 e. The van der Waals surface area contributed by atoms with Crippen LogP contribution in [0.2, 0.25) is 10.0 Å². The molecule has 8 heteroatoms. The Morgan fingerprint density at radius 1 is 1.03 bits per heavy atom. The Morgan fingerprint density at radius 3 is 2.68 bits per heavy atom. The van der Waals surface area contributed by atoms with E-state index in [-0.39, 0.29) is 11.9 Å². The largest absolute Gasteiger partial charge is 0.493 e. The number of anilines is 1. The summed E-state index contributed by atoms with van der Waals surface area (Å²) in [5.74, 6) is 0.584. The van der Waals surface area contributed by atoms with Crippen LogP contribution in [0.15, 0.2) is 60.9 Å². The van der Waals surface area contributed by atoms with Crippen LogP contribution >= 0.6 is 23.2 Å². The molecule has 0 aliphatic carbocycles. The van der Waals surface area contributed by atoms with Crippen molar-refractivity contribution in [3.63, 3.8) is 0 Å². The lowest BCUT2D eigenvalue weighted by Gasteiger charge is -2.27. The fourth-order valence-electron chi connectivity index (χ4n) is 4.35. The quantitative estimate of drug-likeness (QED) is 0.382. The molecule has 2 aromatic heterocycles. The van der Waals surface area contributed by atoms with E-state index in [1.54, 1.807) is 18.5 Å². The summed E-state index contributed by atoms with van der Waals surface area (Å²) < 4.78 is 5.73. The van der Waals surface area contributed by atoms with E-state index in [1.165, 1.54) is 0 Å². The Bertz CT molecular complexity index is 1410. The first kappa shape index (κ1) is 22.4. The third kappa shape index (κ3) is 3.93. The maximum atomic E-state index is 13.5. The second-order valence-corrected chi connectivity index (χ2v) is 9.06. The molecular formula is C26H22Cl2N4O2. The third-order valence-corrected chi connectivity index (χ3v) is 6.74. The second-order valence-electron chi connectivity index (χ2n) is 8.27. The first-order valence-electron chi connectivity index (χ1n) is 10.9. The summed E-state index contributed by atoms with van der Waals surface area (Å²) in [5, 5.41) is 4.07. The Labute approximate surface area is 207 Å². The van der Waals surface area contributed by atoms with Gasteiger partial charge in [0, 0.05) is 49.6 Å². The first-order chi connectivity index (χ1) is 16.5. The molecule has 0 bridgehead atoms. The molecule has 1 aliphatic rings. The summed E-state index contributed by atoms with van der Waals surface area (Å²) in [5.41, 5.74) is 4.91. The van der Waals surface area contributed by atoms with Crippen LogP contribution in [-0.4, -0.2) is 36.6 Å². The maximum absolute atomic E-state index is 13.5. The molecule has 0 saturated carbocycles. The van der Waals surface area contributed by atoms with Crippen molar-refractivity contribution in [2.75, 3.05) is 25.6 Å². The number of nitrogens with one attached hydrogen (secondary N) is 1. The predicted molar refractivity (Wildman–Crippen MR) is 136 cm³/mol. The van der Waals surface area contributed by atoms with Crippen molar-refractivity contribution in [1.82, 2.24) is 15.3 Å². The van der Waals surface area contributed by atoms with Gasteiger partial charge in [0.25, 0.3) is 5.91 Å². The van der Waals surface area contributed by atoms with Crippen LogP contribution in [0.4, 0.5) is 5.69 Å². The molecule has 34 heavy (non-hydrogen) atoms. The molecule has 1 amide bonds. The summed E-state index contributed by atoms with van der Waals surface area (Å²) >= 11 is 12.8. The Hall–Kier alpha value is -3.35. The number of hydrogen-bond acceptors (Lipinski definition) is 5. The predicted octanol–water partition coefficient (Wildman–Crippen LogP) is 5.92. The van der Waals surface area contributed by atoms with Crippen molar-refractivity contribution in [2.45, 2.75) is 12.5 Å².